The molecule has 0 spiro atoms. The molecule has 4 heteroatoms. The molecule has 18 heavy (non-hydrogen) atoms. The number of hydrogen-bond acceptors (Lipinski definition) is 3. The van der Waals surface area contributed by atoms with Gasteiger partial charge in [0.05, 0.1) is 0 Å². The predicted octanol–water partition coefficient (Wildman–Crippen LogP) is 2.56. The molecule has 0 saturated heterocycles. The monoisotopic (exact) mass is 244 g/mol. The van der Waals surface area contributed by atoms with Crippen LogP contribution in [0.25, 0.3) is 0 Å². The Balaban J connectivity index is 2.12. The molecule has 0 unspecified atom stereocenters. The summed E-state index contributed by atoms with van der Waals surface area (Å²) in [4.78, 5) is 13.8. The molecule has 0 radical (unpaired) electrons. The smallest absolute Gasteiger partial charge is 0.276 e. The van der Waals surface area contributed by atoms with Gasteiger partial charge in [-0.25, -0.2) is 0 Å². The van der Waals surface area contributed by atoms with E-state index in [1.165, 1.54) is 0 Å². The molecule has 4 nitrogen and oxygen atoms in total. The van der Waals surface area contributed by atoms with Crippen LogP contribution in [-0.4, -0.2) is 23.0 Å². The van der Waals surface area contributed by atoms with E-state index in [2.05, 4.69) is 5.16 Å². The molecule has 0 aliphatic heterocycles. The van der Waals surface area contributed by atoms with Crippen molar-refractivity contribution in [2.75, 3.05) is 7.05 Å². The van der Waals surface area contributed by atoms with Crippen molar-refractivity contribution in [3.8, 4) is 0 Å². The van der Waals surface area contributed by atoms with E-state index in [0.29, 0.717) is 18.0 Å². The molecule has 0 N–H and O–H groups in total. The van der Waals surface area contributed by atoms with Gasteiger partial charge < -0.3 is 9.42 Å². The Morgan fingerprint density at radius 2 is 1.94 bits per heavy atom. The highest BCUT2D eigenvalue weighted by Gasteiger charge is 2.20. The SMILES string of the molecule is Cc1onc(C(=O)N(C)Cc2ccccc2)c1C. The normalized spacial score (nSPS) is 10.4. The zero-order valence-electron chi connectivity index (χ0n) is 10.8. The summed E-state index contributed by atoms with van der Waals surface area (Å²) in [6.45, 7) is 4.21. The van der Waals surface area contributed by atoms with Crippen LogP contribution in [0.5, 0.6) is 0 Å². The Labute approximate surface area is 106 Å². The minimum absolute atomic E-state index is 0.117. The lowest BCUT2D eigenvalue weighted by Crippen LogP contribution is -2.27. The average Bonchev–Trinajstić information content (AvgIpc) is 2.70. The van der Waals surface area contributed by atoms with Gasteiger partial charge in [-0.15, -0.1) is 0 Å². The van der Waals surface area contributed by atoms with Crippen LogP contribution in [0, 0.1) is 13.8 Å². The third-order valence-electron chi connectivity index (χ3n) is 2.97. The molecule has 0 bridgehead atoms. The van der Waals surface area contributed by atoms with Crippen molar-refractivity contribution in [1.82, 2.24) is 10.1 Å². The second kappa shape index (κ2) is 5.04. The Hall–Kier alpha value is -2.10. The molecule has 1 aromatic heterocycles. The first-order valence-electron chi connectivity index (χ1n) is 5.82. The zero-order chi connectivity index (χ0) is 13.1. The average molecular weight is 244 g/mol. The molecule has 1 amide bonds. The fraction of sp³-hybridized carbons (Fsp3) is 0.286. The molecule has 1 aromatic carbocycles. The summed E-state index contributed by atoms with van der Waals surface area (Å²) in [7, 11) is 1.76. The van der Waals surface area contributed by atoms with E-state index in [1.54, 1.807) is 18.9 Å². The molecule has 0 fully saturated rings. The molecule has 2 aromatic rings. The highest BCUT2D eigenvalue weighted by atomic mass is 16.5. The maximum Gasteiger partial charge on any atom is 0.276 e. The quantitative estimate of drug-likeness (QED) is 0.833. The van der Waals surface area contributed by atoms with Gasteiger partial charge in [0.1, 0.15) is 5.76 Å². The molecule has 0 aliphatic rings. The van der Waals surface area contributed by atoms with Gasteiger partial charge in [-0.1, -0.05) is 35.5 Å². The van der Waals surface area contributed by atoms with Crippen LogP contribution in [-0.2, 0) is 6.54 Å². The Morgan fingerprint density at radius 3 is 2.50 bits per heavy atom. The first kappa shape index (κ1) is 12.4. The Bertz CT molecular complexity index is 546. The zero-order valence-corrected chi connectivity index (χ0v) is 10.8. The van der Waals surface area contributed by atoms with Crippen LogP contribution in [0.4, 0.5) is 0 Å². The van der Waals surface area contributed by atoms with Gasteiger partial charge in [-0.3, -0.25) is 4.79 Å². The summed E-state index contributed by atoms with van der Waals surface area (Å²) in [6.07, 6.45) is 0. The van der Waals surface area contributed by atoms with Gasteiger partial charge in [-0.05, 0) is 19.4 Å². The van der Waals surface area contributed by atoms with E-state index in [9.17, 15) is 4.79 Å². The summed E-state index contributed by atoms with van der Waals surface area (Å²) in [5.41, 5.74) is 2.29. The lowest BCUT2D eigenvalue weighted by atomic mass is 10.2. The summed E-state index contributed by atoms with van der Waals surface area (Å²) in [5, 5.41) is 3.81. The van der Waals surface area contributed by atoms with E-state index in [4.69, 9.17) is 4.52 Å². The summed E-state index contributed by atoms with van der Waals surface area (Å²) in [5.74, 6) is 0.569. The number of aromatic nitrogens is 1. The minimum Gasteiger partial charge on any atom is -0.361 e. The van der Waals surface area contributed by atoms with Crippen LogP contribution < -0.4 is 0 Å². The first-order chi connectivity index (χ1) is 8.59. The highest BCUT2D eigenvalue weighted by molar-refractivity contribution is 5.93. The summed E-state index contributed by atoms with van der Waals surface area (Å²) < 4.78 is 5.02. The molecule has 1 heterocycles. The maximum absolute atomic E-state index is 12.2. The predicted molar refractivity (Wildman–Crippen MR) is 68.2 cm³/mol. The fourth-order valence-electron chi connectivity index (χ4n) is 1.73. The van der Waals surface area contributed by atoms with E-state index < -0.39 is 0 Å². The number of carbonyl (C=O) groups excluding carboxylic acids is 1. The number of carbonyl (C=O) groups is 1. The van der Waals surface area contributed by atoms with Crippen molar-refractivity contribution in [1.29, 1.82) is 0 Å². The van der Waals surface area contributed by atoms with E-state index in [1.807, 2.05) is 37.3 Å². The Morgan fingerprint density at radius 1 is 1.28 bits per heavy atom. The molecule has 94 valence electrons. The van der Waals surface area contributed by atoms with E-state index in [0.717, 1.165) is 11.1 Å². The lowest BCUT2D eigenvalue weighted by molar-refractivity contribution is 0.0774. The van der Waals surface area contributed by atoms with Crippen molar-refractivity contribution >= 4 is 5.91 Å². The molecule has 2 rings (SSSR count). The van der Waals surface area contributed by atoms with Crippen LogP contribution >= 0.6 is 0 Å². The van der Waals surface area contributed by atoms with Gasteiger partial charge in [-0.2, -0.15) is 0 Å². The van der Waals surface area contributed by atoms with Crippen molar-refractivity contribution < 1.29 is 9.32 Å². The third kappa shape index (κ3) is 2.42. The number of hydrogen-bond donors (Lipinski definition) is 0. The van der Waals surface area contributed by atoms with Crippen LogP contribution in [0.3, 0.4) is 0 Å². The van der Waals surface area contributed by atoms with Gasteiger partial charge in [0.25, 0.3) is 5.91 Å². The third-order valence-corrected chi connectivity index (χ3v) is 2.97. The van der Waals surface area contributed by atoms with Gasteiger partial charge in [0, 0.05) is 19.2 Å². The topological polar surface area (TPSA) is 46.3 Å². The number of rotatable bonds is 3. The van der Waals surface area contributed by atoms with Crippen molar-refractivity contribution in [3.63, 3.8) is 0 Å². The number of amides is 1. The maximum atomic E-state index is 12.2. The van der Waals surface area contributed by atoms with Gasteiger partial charge in [0.15, 0.2) is 5.69 Å². The fourth-order valence-corrected chi connectivity index (χ4v) is 1.73. The summed E-state index contributed by atoms with van der Waals surface area (Å²) >= 11 is 0. The van der Waals surface area contributed by atoms with E-state index >= 15 is 0 Å². The van der Waals surface area contributed by atoms with Crippen LogP contribution in [0.1, 0.15) is 27.4 Å². The van der Waals surface area contributed by atoms with Crippen molar-refractivity contribution in [2.45, 2.75) is 20.4 Å². The largest absolute Gasteiger partial charge is 0.361 e. The highest BCUT2D eigenvalue weighted by Crippen LogP contribution is 2.14. The van der Waals surface area contributed by atoms with Gasteiger partial charge >= 0.3 is 0 Å². The van der Waals surface area contributed by atoms with E-state index in [-0.39, 0.29) is 5.91 Å². The number of nitrogens with zero attached hydrogens (tertiary/aromatic N) is 2. The van der Waals surface area contributed by atoms with Crippen molar-refractivity contribution in [2.24, 2.45) is 0 Å². The van der Waals surface area contributed by atoms with Gasteiger partial charge in [0.2, 0.25) is 0 Å². The molecular formula is C14H16N2O2. The second-order valence-corrected chi connectivity index (χ2v) is 4.36. The second-order valence-electron chi connectivity index (χ2n) is 4.36. The molecule has 0 saturated carbocycles. The number of aryl methyl sites for hydroxylation is 1. The number of benzene rings is 1. The summed E-state index contributed by atoms with van der Waals surface area (Å²) in [6, 6.07) is 9.85. The minimum atomic E-state index is -0.117. The standard InChI is InChI=1S/C14H16N2O2/c1-10-11(2)18-15-13(10)14(17)16(3)9-12-7-5-4-6-8-12/h4-8H,9H2,1-3H3. The first-order valence-corrected chi connectivity index (χ1v) is 5.82. The van der Waals surface area contributed by atoms with Crippen LogP contribution in [0.2, 0.25) is 0 Å². The van der Waals surface area contributed by atoms with Crippen LogP contribution in [0.15, 0.2) is 34.9 Å². The van der Waals surface area contributed by atoms with Crippen molar-refractivity contribution in [3.05, 3.63) is 52.9 Å². The molecule has 0 atom stereocenters. The lowest BCUT2D eigenvalue weighted by Gasteiger charge is -2.16. The molecule has 0 aliphatic carbocycles. The Kier molecular flexibility index (Phi) is 3.46. The molecular weight excluding hydrogens is 228 g/mol.